The predicted molar refractivity (Wildman–Crippen MR) is 34.5 cm³/mol. The molecule has 10 radical (unpaired) electrons. The van der Waals surface area contributed by atoms with Crippen LogP contribution >= 0.6 is 0 Å². The van der Waals surface area contributed by atoms with Crippen LogP contribution in [0.4, 0.5) is 0 Å². The van der Waals surface area contributed by atoms with Crippen molar-refractivity contribution in [2.24, 2.45) is 0 Å². The van der Waals surface area contributed by atoms with Crippen molar-refractivity contribution in [2.45, 2.75) is 0 Å². The van der Waals surface area contributed by atoms with Crippen LogP contribution in [0.25, 0.3) is 0 Å². The first-order valence-corrected chi connectivity index (χ1v) is 14.7. The summed E-state index contributed by atoms with van der Waals surface area (Å²) in [5, 5.41) is 0. The number of rotatable bonds is 0. The molecule has 0 bridgehead atoms. The van der Waals surface area contributed by atoms with E-state index in [1.807, 2.05) is 0 Å². The summed E-state index contributed by atoms with van der Waals surface area (Å²) in [6.07, 6.45) is 0. The van der Waals surface area contributed by atoms with Gasteiger partial charge in [-0.3, -0.25) is 0 Å². The van der Waals surface area contributed by atoms with E-state index in [2.05, 4.69) is 23.8 Å². The van der Waals surface area contributed by atoms with Crippen molar-refractivity contribution >= 4 is 101 Å². The van der Waals surface area contributed by atoms with Crippen molar-refractivity contribution in [3.8, 4) is 0 Å². The van der Waals surface area contributed by atoms with Gasteiger partial charge in [0.2, 0.25) is 0 Å². The van der Waals surface area contributed by atoms with Gasteiger partial charge in [-0.15, -0.1) is 0 Å². The Hall–Kier alpha value is 3.83. The summed E-state index contributed by atoms with van der Waals surface area (Å²) < 4.78 is 0. The Balaban J connectivity index is -0.00000000500. The minimum absolute atomic E-state index is 0. The molecule has 6 heteroatoms. The van der Waals surface area contributed by atoms with Gasteiger partial charge in [0.05, 0.1) is 0 Å². The SMILES string of the molecule is [Ge].[Ge].[Se]=[Bi].[Se]=[Sb]. The van der Waals surface area contributed by atoms with Gasteiger partial charge < -0.3 is 0 Å². The molecule has 0 rings (SSSR count). The van der Waals surface area contributed by atoms with Gasteiger partial charge in [0.15, 0.2) is 0 Å². The Bertz CT molecular complexity index is 13.5. The van der Waals surface area contributed by atoms with Crippen LogP contribution in [0.1, 0.15) is 0 Å². The molecular formula is BiGe2SbSe2. The molecule has 0 amide bonds. The van der Waals surface area contributed by atoms with E-state index in [1.54, 1.807) is 20.2 Å². The van der Waals surface area contributed by atoms with Crippen LogP contribution in [-0.2, 0) is 0 Å². The third-order valence-electron chi connectivity index (χ3n) is 0. The van der Waals surface area contributed by atoms with Crippen molar-refractivity contribution in [3.05, 3.63) is 0 Å². The summed E-state index contributed by atoms with van der Waals surface area (Å²) in [5.41, 5.74) is 0. The summed E-state index contributed by atoms with van der Waals surface area (Å²) in [4.78, 5) is 0. The van der Waals surface area contributed by atoms with Gasteiger partial charge in [0, 0.05) is 35.2 Å². The number of hydrogen-bond donors (Lipinski definition) is 0. The molecule has 0 spiro atoms. The molecule has 0 aliphatic rings. The first-order chi connectivity index (χ1) is 2.00. The van der Waals surface area contributed by atoms with Gasteiger partial charge in [-0.25, -0.2) is 0 Å². The van der Waals surface area contributed by atoms with E-state index in [-0.39, 0.29) is 35.2 Å². The molecule has 0 aromatic carbocycles. The fourth-order valence-electron chi connectivity index (χ4n) is 0. The molecule has 0 saturated heterocycles. The summed E-state index contributed by atoms with van der Waals surface area (Å²) in [6, 6.07) is 0. The summed E-state index contributed by atoms with van der Waals surface area (Å²) in [7, 11) is 0. The minimum atomic E-state index is 0. The van der Waals surface area contributed by atoms with Gasteiger partial charge in [-0.1, -0.05) is 0 Å². The zero-order valence-corrected chi connectivity index (χ0v) is 16.4. The van der Waals surface area contributed by atoms with Crippen molar-refractivity contribution in [3.63, 3.8) is 0 Å². The third kappa shape index (κ3) is 24.9. The summed E-state index contributed by atoms with van der Waals surface area (Å²) in [5.74, 6) is 0. The molecule has 0 N–H and O–H groups in total. The van der Waals surface area contributed by atoms with Gasteiger partial charge >= 0.3 is 65.7 Å². The first kappa shape index (κ1) is 22.6. The van der Waals surface area contributed by atoms with E-state index >= 15 is 0 Å². The second kappa shape index (κ2) is 36.9. The molecule has 0 unspecified atom stereocenters. The average molecular weight is 634 g/mol. The van der Waals surface area contributed by atoms with Gasteiger partial charge in [-0.05, 0) is 0 Å². The quantitative estimate of drug-likeness (QED) is 0.264. The molecule has 0 saturated carbocycles. The molecule has 0 aliphatic carbocycles. The zero-order valence-electron chi connectivity index (χ0n) is 2.71. The fraction of sp³-hybridized carbons (Fsp3) is 0. The Morgan fingerprint density at radius 2 is 1.00 bits per heavy atom. The van der Waals surface area contributed by atoms with E-state index < -0.39 is 0 Å². The molecule has 0 aliphatic heterocycles. The molecule has 0 fully saturated rings. The normalized spacial score (nSPS) is 1.33. The van der Waals surface area contributed by atoms with Crippen LogP contribution in [0, 0.1) is 0 Å². The second-order valence-electron chi connectivity index (χ2n) is 0. The molecular weight excluding hydrogens is 634 g/mol. The number of hydrogen-bond acceptors (Lipinski definition) is 0. The van der Waals surface area contributed by atoms with Crippen molar-refractivity contribution in [1.82, 2.24) is 0 Å². The van der Waals surface area contributed by atoms with E-state index in [4.69, 9.17) is 0 Å². The standard InChI is InChI=1S/Bi.2Ge.Sb.2Se. The molecule has 0 aromatic heterocycles. The van der Waals surface area contributed by atoms with Crippen molar-refractivity contribution < 1.29 is 0 Å². The van der Waals surface area contributed by atoms with E-state index in [1.165, 1.54) is 21.7 Å². The van der Waals surface area contributed by atoms with E-state index in [9.17, 15) is 0 Å². The van der Waals surface area contributed by atoms with Crippen LogP contribution in [0.2, 0.25) is 0 Å². The van der Waals surface area contributed by atoms with Crippen LogP contribution in [-0.4, -0.2) is 101 Å². The molecule has 0 atom stereocenters. The molecule has 0 nitrogen and oxygen atoms in total. The summed E-state index contributed by atoms with van der Waals surface area (Å²) in [6.45, 7) is 0. The molecule has 0 heterocycles. The maximum atomic E-state index is 2.74. The maximum absolute atomic E-state index is 2.74. The fourth-order valence-corrected chi connectivity index (χ4v) is 0. The Kier molecular flexibility index (Phi) is 139. The molecule has 30 valence electrons. The van der Waals surface area contributed by atoms with Crippen molar-refractivity contribution in [2.75, 3.05) is 0 Å². The topological polar surface area (TPSA) is 0 Å². The third-order valence-corrected chi connectivity index (χ3v) is 0. The van der Waals surface area contributed by atoms with Crippen molar-refractivity contribution in [1.29, 1.82) is 0 Å². The van der Waals surface area contributed by atoms with Crippen LogP contribution in [0.5, 0.6) is 0 Å². The Morgan fingerprint density at radius 3 is 1.00 bits per heavy atom. The Labute approximate surface area is 98.5 Å². The average Bonchev–Trinajstić information content (AvgIpc) is 1.50. The molecule has 0 aromatic rings. The Morgan fingerprint density at radius 1 is 1.00 bits per heavy atom. The predicted octanol–water partition coefficient (Wildman–Crippen LogP) is -2.28. The molecule has 6 heavy (non-hydrogen) atoms. The van der Waals surface area contributed by atoms with Crippen LogP contribution < -0.4 is 0 Å². The van der Waals surface area contributed by atoms with Gasteiger partial charge in [0.25, 0.3) is 0 Å². The second-order valence-corrected chi connectivity index (χ2v) is 0. The summed E-state index contributed by atoms with van der Waals surface area (Å²) >= 11 is 8.36. The van der Waals surface area contributed by atoms with Gasteiger partial charge in [0.1, 0.15) is 0 Å². The van der Waals surface area contributed by atoms with E-state index in [0.717, 1.165) is 0 Å². The van der Waals surface area contributed by atoms with E-state index in [0.29, 0.717) is 0 Å². The monoisotopic (exact) mass is 638 g/mol. The zero-order chi connectivity index (χ0) is 4.00. The van der Waals surface area contributed by atoms with Crippen LogP contribution in [0.3, 0.4) is 0 Å². The first-order valence-electron chi connectivity index (χ1n) is 0.365. The van der Waals surface area contributed by atoms with Gasteiger partial charge in [-0.2, -0.15) is 0 Å². The van der Waals surface area contributed by atoms with Crippen LogP contribution in [0.15, 0.2) is 0 Å².